The molecule has 0 saturated carbocycles. The van der Waals surface area contributed by atoms with E-state index in [0.717, 1.165) is 24.2 Å². The van der Waals surface area contributed by atoms with Gasteiger partial charge in [0.15, 0.2) is 0 Å². The number of hydrogen-bond acceptors (Lipinski definition) is 4. The Hall–Kier alpha value is -1.62. The molecule has 4 N–H and O–H groups in total. The van der Waals surface area contributed by atoms with Crippen molar-refractivity contribution in [2.45, 2.75) is 38.8 Å². The van der Waals surface area contributed by atoms with Gasteiger partial charge in [0.05, 0.1) is 5.92 Å². The molecule has 5 heteroatoms. The van der Waals surface area contributed by atoms with Gasteiger partial charge in [0.1, 0.15) is 5.82 Å². The topological polar surface area (TPSA) is 85.2 Å². The fourth-order valence-electron chi connectivity index (χ4n) is 2.53. The zero-order valence-electron chi connectivity index (χ0n) is 11.5. The number of rotatable bonds is 3. The van der Waals surface area contributed by atoms with Crippen LogP contribution in [0, 0.1) is 5.92 Å². The lowest BCUT2D eigenvalue weighted by Gasteiger charge is -2.38. The Kier molecular flexibility index (Phi) is 4.04. The van der Waals surface area contributed by atoms with Crippen molar-refractivity contribution < 1.29 is 4.79 Å². The highest BCUT2D eigenvalue weighted by Crippen LogP contribution is 2.27. The van der Waals surface area contributed by atoms with Crippen molar-refractivity contribution in [2.24, 2.45) is 17.4 Å². The second-order valence-electron chi connectivity index (χ2n) is 5.41. The van der Waals surface area contributed by atoms with E-state index in [1.807, 2.05) is 19.1 Å². The summed E-state index contributed by atoms with van der Waals surface area (Å²) >= 11 is 0. The van der Waals surface area contributed by atoms with Gasteiger partial charge in [0.2, 0.25) is 5.91 Å². The number of amides is 1. The Balaban J connectivity index is 2.23. The predicted molar refractivity (Wildman–Crippen MR) is 75.6 cm³/mol. The molecule has 3 atom stereocenters. The van der Waals surface area contributed by atoms with Gasteiger partial charge in [0.25, 0.3) is 0 Å². The van der Waals surface area contributed by atoms with E-state index >= 15 is 0 Å². The molecule has 2 rings (SSSR count). The third-order valence-electron chi connectivity index (χ3n) is 3.87. The van der Waals surface area contributed by atoms with Crippen LogP contribution >= 0.6 is 0 Å². The normalized spacial score (nSPS) is 25.1. The highest BCUT2D eigenvalue weighted by molar-refractivity contribution is 5.77. The molecule has 0 spiro atoms. The zero-order valence-corrected chi connectivity index (χ0v) is 11.5. The second kappa shape index (κ2) is 5.57. The Morgan fingerprint density at radius 3 is 2.89 bits per heavy atom. The van der Waals surface area contributed by atoms with Crippen LogP contribution in [0.5, 0.6) is 0 Å². The lowest BCUT2D eigenvalue weighted by molar-refractivity contribution is -0.122. The number of carbonyl (C=O) groups is 1. The number of aromatic nitrogens is 1. The van der Waals surface area contributed by atoms with Crippen LogP contribution in [0.3, 0.4) is 0 Å². The summed E-state index contributed by atoms with van der Waals surface area (Å²) in [6, 6.07) is 4.28. The van der Waals surface area contributed by atoms with Gasteiger partial charge in [-0.3, -0.25) is 4.79 Å². The van der Waals surface area contributed by atoms with Crippen molar-refractivity contribution in [2.75, 3.05) is 11.4 Å². The molecule has 2 unspecified atom stereocenters. The molecule has 0 aromatic carbocycles. The predicted octanol–water partition coefficient (Wildman–Crippen LogP) is 1.19. The molecule has 19 heavy (non-hydrogen) atoms. The lowest BCUT2D eigenvalue weighted by Crippen LogP contribution is -2.46. The van der Waals surface area contributed by atoms with Crippen molar-refractivity contribution in [3.05, 3.63) is 23.9 Å². The van der Waals surface area contributed by atoms with Gasteiger partial charge in [0, 0.05) is 24.8 Å². The second-order valence-corrected chi connectivity index (χ2v) is 5.41. The minimum atomic E-state index is -0.222. The number of primary amides is 1. The highest BCUT2D eigenvalue weighted by atomic mass is 16.1. The lowest BCUT2D eigenvalue weighted by atomic mass is 9.93. The molecule has 104 valence electrons. The van der Waals surface area contributed by atoms with E-state index in [4.69, 9.17) is 11.5 Å². The molecular formula is C14H22N4O. The van der Waals surface area contributed by atoms with Crippen molar-refractivity contribution in [1.29, 1.82) is 0 Å². The van der Waals surface area contributed by atoms with Crippen LogP contribution in [-0.2, 0) is 4.79 Å². The SMILES string of the molecule is CC1CCC(C(N)=O)CN1c1cc([C@@H](C)N)ccn1. The first kappa shape index (κ1) is 13.8. The fraction of sp³-hybridized carbons (Fsp3) is 0.571. The molecule has 1 fully saturated rings. The Bertz CT molecular complexity index is 461. The third kappa shape index (κ3) is 3.04. The van der Waals surface area contributed by atoms with Crippen molar-refractivity contribution in [1.82, 2.24) is 4.98 Å². The van der Waals surface area contributed by atoms with Crippen LogP contribution in [0.1, 0.15) is 38.3 Å². The summed E-state index contributed by atoms with van der Waals surface area (Å²) < 4.78 is 0. The quantitative estimate of drug-likeness (QED) is 0.857. The molecular weight excluding hydrogens is 240 g/mol. The molecule has 5 nitrogen and oxygen atoms in total. The Morgan fingerprint density at radius 2 is 2.26 bits per heavy atom. The Morgan fingerprint density at radius 1 is 1.53 bits per heavy atom. The summed E-state index contributed by atoms with van der Waals surface area (Å²) in [7, 11) is 0. The number of carbonyl (C=O) groups excluding carboxylic acids is 1. The number of anilines is 1. The van der Waals surface area contributed by atoms with E-state index in [-0.39, 0.29) is 17.9 Å². The molecule has 1 aliphatic heterocycles. The maximum absolute atomic E-state index is 11.4. The first-order valence-corrected chi connectivity index (χ1v) is 6.76. The van der Waals surface area contributed by atoms with Crippen LogP contribution in [0.25, 0.3) is 0 Å². The molecule has 0 bridgehead atoms. The largest absolute Gasteiger partial charge is 0.369 e. The standard InChI is InChI=1S/C14H22N4O/c1-9-3-4-12(14(16)19)8-18(9)13-7-11(10(2)15)5-6-17-13/h5-7,9-10,12H,3-4,8,15H2,1-2H3,(H2,16,19)/t9?,10-,12?/m1/s1. The highest BCUT2D eigenvalue weighted by Gasteiger charge is 2.29. The van der Waals surface area contributed by atoms with E-state index in [0.29, 0.717) is 12.6 Å². The Labute approximate surface area is 114 Å². The molecule has 0 radical (unpaired) electrons. The van der Waals surface area contributed by atoms with Crippen LogP contribution in [0.4, 0.5) is 5.82 Å². The van der Waals surface area contributed by atoms with Crippen molar-refractivity contribution >= 4 is 11.7 Å². The van der Waals surface area contributed by atoms with Gasteiger partial charge >= 0.3 is 0 Å². The smallest absolute Gasteiger partial charge is 0.222 e. The third-order valence-corrected chi connectivity index (χ3v) is 3.87. The first-order chi connectivity index (χ1) is 8.99. The fourth-order valence-corrected chi connectivity index (χ4v) is 2.53. The maximum atomic E-state index is 11.4. The number of nitrogens with zero attached hydrogens (tertiary/aromatic N) is 2. The molecule has 1 aliphatic rings. The van der Waals surface area contributed by atoms with Crippen LogP contribution in [-0.4, -0.2) is 23.5 Å². The van der Waals surface area contributed by atoms with Gasteiger partial charge in [-0.1, -0.05) is 0 Å². The van der Waals surface area contributed by atoms with E-state index in [2.05, 4.69) is 16.8 Å². The zero-order chi connectivity index (χ0) is 14.0. The minimum Gasteiger partial charge on any atom is -0.369 e. The van der Waals surface area contributed by atoms with Crippen LogP contribution < -0.4 is 16.4 Å². The molecule has 1 amide bonds. The van der Waals surface area contributed by atoms with Gasteiger partial charge in [-0.15, -0.1) is 0 Å². The first-order valence-electron chi connectivity index (χ1n) is 6.76. The van der Waals surface area contributed by atoms with Gasteiger partial charge in [-0.05, 0) is 44.4 Å². The van der Waals surface area contributed by atoms with Crippen molar-refractivity contribution in [3.8, 4) is 0 Å². The van der Waals surface area contributed by atoms with E-state index in [1.165, 1.54) is 0 Å². The van der Waals surface area contributed by atoms with Crippen LogP contribution in [0.15, 0.2) is 18.3 Å². The summed E-state index contributed by atoms with van der Waals surface area (Å²) in [6.45, 7) is 4.74. The molecule has 1 aromatic rings. The number of nitrogens with two attached hydrogens (primary N) is 2. The minimum absolute atomic E-state index is 0.0196. The number of pyridine rings is 1. The molecule has 0 aliphatic carbocycles. The molecule has 2 heterocycles. The van der Waals surface area contributed by atoms with Crippen LogP contribution in [0.2, 0.25) is 0 Å². The summed E-state index contributed by atoms with van der Waals surface area (Å²) in [4.78, 5) is 17.9. The summed E-state index contributed by atoms with van der Waals surface area (Å²) in [5.74, 6) is 0.574. The molecule has 1 saturated heterocycles. The van der Waals surface area contributed by atoms with Gasteiger partial charge in [-0.25, -0.2) is 4.98 Å². The van der Waals surface area contributed by atoms with E-state index in [9.17, 15) is 4.79 Å². The molecule has 1 aromatic heterocycles. The van der Waals surface area contributed by atoms with E-state index < -0.39 is 0 Å². The summed E-state index contributed by atoms with van der Waals surface area (Å²) in [5, 5.41) is 0. The number of hydrogen-bond donors (Lipinski definition) is 2. The van der Waals surface area contributed by atoms with Crippen molar-refractivity contribution in [3.63, 3.8) is 0 Å². The average Bonchev–Trinajstić information content (AvgIpc) is 2.39. The average molecular weight is 262 g/mol. The summed E-state index contributed by atoms with van der Waals surface area (Å²) in [5.41, 5.74) is 12.4. The monoisotopic (exact) mass is 262 g/mol. The van der Waals surface area contributed by atoms with Gasteiger partial charge < -0.3 is 16.4 Å². The van der Waals surface area contributed by atoms with E-state index in [1.54, 1.807) is 6.20 Å². The maximum Gasteiger partial charge on any atom is 0.222 e. The van der Waals surface area contributed by atoms with Gasteiger partial charge in [-0.2, -0.15) is 0 Å². The summed E-state index contributed by atoms with van der Waals surface area (Å²) in [6.07, 6.45) is 3.59. The number of piperidine rings is 1.